The second-order valence-corrected chi connectivity index (χ2v) is 4.31. The van der Waals surface area contributed by atoms with Gasteiger partial charge in [0, 0.05) is 11.8 Å². The first-order valence-electron chi connectivity index (χ1n) is 6.42. The molecular weight excluding hydrogens is 268 g/mol. The van der Waals surface area contributed by atoms with Crippen LogP contribution in [0.5, 0.6) is 11.6 Å². The van der Waals surface area contributed by atoms with Gasteiger partial charge in [-0.2, -0.15) is 0 Å². The van der Waals surface area contributed by atoms with Crippen LogP contribution in [0.3, 0.4) is 0 Å². The molecular formula is C15H14N4O2. The Kier molecular flexibility index (Phi) is 3.77. The molecule has 0 bridgehead atoms. The van der Waals surface area contributed by atoms with Crippen molar-refractivity contribution in [2.75, 3.05) is 7.11 Å². The summed E-state index contributed by atoms with van der Waals surface area (Å²) < 4.78 is 11.1. The average molecular weight is 282 g/mol. The van der Waals surface area contributed by atoms with Gasteiger partial charge >= 0.3 is 0 Å². The Bertz CT molecular complexity index is 713. The lowest BCUT2D eigenvalue weighted by Crippen LogP contribution is -1.99. The number of hydrogen-bond acceptors (Lipinski definition) is 5. The van der Waals surface area contributed by atoms with Crippen LogP contribution < -0.4 is 9.47 Å². The fraction of sp³-hybridized carbons (Fsp3) is 0.133. The number of benzene rings is 1. The van der Waals surface area contributed by atoms with E-state index in [1.54, 1.807) is 25.8 Å². The number of para-hydroxylation sites is 1. The van der Waals surface area contributed by atoms with E-state index in [-0.39, 0.29) is 0 Å². The normalized spacial score (nSPS) is 10.3. The zero-order valence-electron chi connectivity index (χ0n) is 11.5. The third-order valence-corrected chi connectivity index (χ3v) is 2.98. The molecule has 0 amide bonds. The van der Waals surface area contributed by atoms with Crippen molar-refractivity contribution in [1.29, 1.82) is 0 Å². The number of hydrogen-bond donors (Lipinski definition) is 1. The Labute approximate surface area is 121 Å². The first kappa shape index (κ1) is 13.1. The van der Waals surface area contributed by atoms with E-state index < -0.39 is 0 Å². The van der Waals surface area contributed by atoms with Crippen molar-refractivity contribution in [2.45, 2.75) is 6.61 Å². The second-order valence-electron chi connectivity index (χ2n) is 4.31. The number of nitrogens with one attached hydrogen (secondary N) is 1. The highest BCUT2D eigenvalue weighted by atomic mass is 16.5. The zero-order chi connectivity index (χ0) is 14.5. The van der Waals surface area contributed by atoms with Crippen molar-refractivity contribution in [2.24, 2.45) is 0 Å². The van der Waals surface area contributed by atoms with Crippen molar-refractivity contribution in [3.63, 3.8) is 0 Å². The largest absolute Gasteiger partial charge is 0.487 e. The topological polar surface area (TPSA) is 72.9 Å². The molecule has 3 aromatic rings. The quantitative estimate of drug-likeness (QED) is 0.778. The summed E-state index contributed by atoms with van der Waals surface area (Å²) in [6.07, 6.45) is 6.52. The van der Waals surface area contributed by atoms with Crippen LogP contribution >= 0.6 is 0 Å². The molecule has 1 aromatic carbocycles. The van der Waals surface area contributed by atoms with E-state index in [9.17, 15) is 0 Å². The zero-order valence-corrected chi connectivity index (χ0v) is 11.5. The van der Waals surface area contributed by atoms with Gasteiger partial charge in [0.15, 0.2) is 0 Å². The molecule has 0 saturated heterocycles. The fourth-order valence-electron chi connectivity index (χ4n) is 2.00. The first-order chi connectivity index (χ1) is 10.4. The van der Waals surface area contributed by atoms with Gasteiger partial charge in [-0.1, -0.05) is 18.2 Å². The summed E-state index contributed by atoms with van der Waals surface area (Å²) in [6.45, 7) is 0.410. The van der Waals surface area contributed by atoms with Crippen LogP contribution in [0, 0.1) is 0 Å². The molecule has 0 aliphatic rings. The van der Waals surface area contributed by atoms with Crippen LogP contribution in [0.2, 0.25) is 0 Å². The van der Waals surface area contributed by atoms with Gasteiger partial charge < -0.3 is 14.5 Å². The number of H-pyrrole nitrogens is 1. The minimum absolute atomic E-state index is 0.410. The van der Waals surface area contributed by atoms with Crippen LogP contribution in [-0.2, 0) is 6.61 Å². The van der Waals surface area contributed by atoms with Crippen LogP contribution in [0.1, 0.15) is 5.69 Å². The molecule has 106 valence electrons. The van der Waals surface area contributed by atoms with E-state index in [1.165, 1.54) is 6.33 Å². The van der Waals surface area contributed by atoms with E-state index in [0.29, 0.717) is 12.5 Å². The predicted octanol–water partition coefficient (Wildman–Crippen LogP) is 2.45. The molecule has 6 nitrogen and oxygen atoms in total. The Morgan fingerprint density at radius 1 is 1.10 bits per heavy atom. The number of rotatable bonds is 5. The molecule has 3 rings (SSSR count). The molecule has 21 heavy (non-hydrogen) atoms. The lowest BCUT2D eigenvalue weighted by Gasteiger charge is -2.12. The minimum Gasteiger partial charge on any atom is -0.487 e. The highest BCUT2D eigenvalue weighted by Gasteiger charge is 2.12. The molecule has 0 unspecified atom stereocenters. The first-order valence-corrected chi connectivity index (χ1v) is 6.42. The number of aromatic nitrogens is 4. The number of imidazole rings is 1. The Balaban J connectivity index is 1.92. The number of ether oxygens (including phenoxy) is 2. The second kappa shape index (κ2) is 6.04. The van der Waals surface area contributed by atoms with Crippen LogP contribution in [-0.4, -0.2) is 27.0 Å². The number of aromatic amines is 1. The summed E-state index contributed by atoms with van der Waals surface area (Å²) in [7, 11) is 1.58. The van der Waals surface area contributed by atoms with Gasteiger partial charge in [-0.3, -0.25) is 0 Å². The highest BCUT2D eigenvalue weighted by Crippen LogP contribution is 2.34. The molecule has 0 aliphatic heterocycles. The van der Waals surface area contributed by atoms with Gasteiger partial charge in [-0.05, 0) is 6.07 Å². The molecule has 0 spiro atoms. The van der Waals surface area contributed by atoms with Crippen molar-refractivity contribution in [3.05, 3.63) is 55.0 Å². The molecule has 2 heterocycles. The van der Waals surface area contributed by atoms with Crippen molar-refractivity contribution >= 4 is 0 Å². The maximum atomic E-state index is 5.85. The maximum Gasteiger partial charge on any atom is 0.224 e. The molecule has 0 atom stereocenters. The fourth-order valence-corrected chi connectivity index (χ4v) is 2.00. The van der Waals surface area contributed by atoms with Crippen LogP contribution in [0.15, 0.2) is 49.3 Å². The summed E-state index contributed by atoms with van der Waals surface area (Å²) in [5.74, 6) is 1.25. The molecule has 0 fully saturated rings. The molecule has 0 radical (unpaired) electrons. The van der Waals surface area contributed by atoms with Crippen LogP contribution in [0.25, 0.3) is 11.1 Å². The predicted molar refractivity (Wildman–Crippen MR) is 76.9 cm³/mol. The van der Waals surface area contributed by atoms with Gasteiger partial charge in [0.1, 0.15) is 18.7 Å². The van der Waals surface area contributed by atoms with E-state index in [2.05, 4.69) is 19.9 Å². The SMILES string of the molecule is COc1ncncc1-c1ccccc1OCc1cnc[nH]1. The standard InChI is InChI=1S/C15H14N4O2/c1-20-15-13(7-17-10-19-15)12-4-2-3-5-14(12)21-8-11-6-16-9-18-11/h2-7,9-10H,8H2,1H3,(H,16,18). The number of methoxy groups -OCH3 is 1. The van der Waals surface area contributed by atoms with Crippen molar-refractivity contribution < 1.29 is 9.47 Å². The van der Waals surface area contributed by atoms with Crippen molar-refractivity contribution in [1.82, 2.24) is 19.9 Å². The summed E-state index contributed by atoms with van der Waals surface area (Å²) in [6, 6.07) is 7.70. The maximum absolute atomic E-state index is 5.85. The Hall–Kier alpha value is -2.89. The van der Waals surface area contributed by atoms with Gasteiger partial charge in [0.2, 0.25) is 5.88 Å². The van der Waals surface area contributed by atoms with Crippen molar-refractivity contribution in [3.8, 4) is 22.8 Å². The highest BCUT2D eigenvalue weighted by molar-refractivity contribution is 5.73. The summed E-state index contributed by atoms with van der Waals surface area (Å²) in [5, 5.41) is 0. The Morgan fingerprint density at radius 2 is 2.00 bits per heavy atom. The van der Waals surface area contributed by atoms with E-state index >= 15 is 0 Å². The van der Waals surface area contributed by atoms with Gasteiger partial charge in [-0.15, -0.1) is 0 Å². The van der Waals surface area contributed by atoms with Gasteiger partial charge in [0.05, 0.1) is 30.9 Å². The van der Waals surface area contributed by atoms with Crippen LogP contribution in [0.4, 0.5) is 0 Å². The average Bonchev–Trinajstić information content (AvgIpc) is 3.06. The summed E-state index contributed by atoms with van der Waals surface area (Å²) >= 11 is 0. The third kappa shape index (κ3) is 2.84. The molecule has 0 saturated carbocycles. The summed E-state index contributed by atoms with van der Waals surface area (Å²) in [4.78, 5) is 15.1. The Morgan fingerprint density at radius 3 is 2.81 bits per heavy atom. The lowest BCUT2D eigenvalue weighted by atomic mass is 10.1. The molecule has 6 heteroatoms. The monoisotopic (exact) mass is 282 g/mol. The van der Waals surface area contributed by atoms with E-state index in [0.717, 1.165) is 22.6 Å². The molecule has 1 N–H and O–H groups in total. The van der Waals surface area contributed by atoms with Gasteiger partial charge in [0.25, 0.3) is 0 Å². The number of nitrogens with zero attached hydrogens (tertiary/aromatic N) is 3. The molecule has 0 aliphatic carbocycles. The van der Waals surface area contributed by atoms with Gasteiger partial charge in [-0.25, -0.2) is 15.0 Å². The van der Waals surface area contributed by atoms with E-state index in [4.69, 9.17) is 9.47 Å². The molecule has 2 aromatic heterocycles. The lowest BCUT2D eigenvalue weighted by molar-refractivity contribution is 0.303. The minimum atomic E-state index is 0.410. The smallest absolute Gasteiger partial charge is 0.224 e. The summed E-state index contributed by atoms with van der Waals surface area (Å²) in [5.41, 5.74) is 2.58. The van der Waals surface area contributed by atoms with E-state index in [1.807, 2.05) is 24.3 Å². The third-order valence-electron chi connectivity index (χ3n) is 2.98.